The second kappa shape index (κ2) is 10.4. The molecule has 1 aliphatic heterocycles. The van der Waals surface area contributed by atoms with Crippen molar-refractivity contribution >= 4 is 35.0 Å². The van der Waals surface area contributed by atoms with Crippen molar-refractivity contribution in [3.8, 4) is 11.5 Å². The molecule has 3 N–H and O–H groups in total. The first-order valence-corrected chi connectivity index (χ1v) is 10.8. The lowest BCUT2D eigenvalue weighted by Gasteiger charge is -2.25. The predicted octanol–water partition coefficient (Wildman–Crippen LogP) is 4.12. The van der Waals surface area contributed by atoms with Crippen LogP contribution in [0.4, 0.5) is 0 Å². The Kier molecular flexibility index (Phi) is 7.60. The molecule has 9 heteroatoms. The lowest BCUT2D eigenvalue weighted by Crippen LogP contribution is -2.30. The first kappa shape index (κ1) is 24.1. The molecule has 1 saturated heterocycles. The highest BCUT2D eigenvalue weighted by Gasteiger charge is 2.46. The van der Waals surface area contributed by atoms with Gasteiger partial charge in [0.15, 0.2) is 11.5 Å². The van der Waals surface area contributed by atoms with Crippen LogP contribution >= 0.6 is 11.6 Å². The van der Waals surface area contributed by atoms with E-state index in [1.165, 1.54) is 24.1 Å². The molecule has 2 aromatic carbocycles. The SMILES string of the molecule is COc1cc([C@H]2C(=C(O)c3ccc(Cl)cc3)C(=O)C(=O)N2CCCCCC(=O)O)ccc1O. The van der Waals surface area contributed by atoms with Gasteiger partial charge in [-0.05, 0) is 54.8 Å². The molecule has 0 saturated carbocycles. The van der Waals surface area contributed by atoms with Crippen LogP contribution in [0.1, 0.15) is 42.9 Å². The number of aliphatic hydroxyl groups excluding tert-OH is 1. The summed E-state index contributed by atoms with van der Waals surface area (Å²) in [7, 11) is 1.38. The van der Waals surface area contributed by atoms with Crippen LogP contribution in [0.15, 0.2) is 48.0 Å². The van der Waals surface area contributed by atoms with Gasteiger partial charge in [-0.1, -0.05) is 24.1 Å². The number of hydrogen-bond acceptors (Lipinski definition) is 6. The number of carboxylic acids is 1. The van der Waals surface area contributed by atoms with Crippen LogP contribution in [0.2, 0.25) is 5.02 Å². The van der Waals surface area contributed by atoms with Crippen LogP contribution in [-0.4, -0.2) is 51.5 Å². The first-order chi connectivity index (χ1) is 15.7. The van der Waals surface area contributed by atoms with Crippen molar-refractivity contribution in [2.75, 3.05) is 13.7 Å². The molecule has 1 atom stereocenters. The van der Waals surface area contributed by atoms with Crippen LogP contribution in [0.3, 0.4) is 0 Å². The van der Waals surface area contributed by atoms with Crippen LogP contribution in [0, 0.1) is 0 Å². The minimum absolute atomic E-state index is 0.0218. The maximum Gasteiger partial charge on any atom is 0.303 e. The van der Waals surface area contributed by atoms with Gasteiger partial charge >= 0.3 is 5.97 Å². The number of halogens is 1. The number of carbonyl (C=O) groups is 3. The van der Waals surface area contributed by atoms with Crippen molar-refractivity contribution in [2.24, 2.45) is 0 Å². The fourth-order valence-electron chi connectivity index (χ4n) is 3.82. The van der Waals surface area contributed by atoms with E-state index in [1.54, 1.807) is 30.3 Å². The Hall–Kier alpha value is -3.52. The Labute approximate surface area is 195 Å². The van der Waals surface area contributed by atoms with Gasteiger partial charge in [0.1, 0.15) is 5.76 Å². The summed E-state index contributed by atoms with van der Waals surface area (Å²) in [6.07, 6.45) is 1.50. The molecular weight excluding hydrogens is 450 g/mol. The monoisotopic (exact) mass is 473 g/mol. The van der Waals surface area contributed by atoms with Gasteiger partial charge in [-0.15, -0.1) is 0 Å². The molecule has 0 bridgehead atoms. The van der Waals surface area contributed by atoms with Crippen LogP contribution in [-0.2, 0) is 14.4 Å². The summed E-state index contributed by atoms with van der Waals surface area (Å²) in [5.74, 6) is -2.77. The van der Waals surface area contributed by atoms with Crippen molar-refractivity contribution < 1.29 is 34.4 Å². The molecule has 0 radical (unpaired) electrons. The third-order valence-corrected chi connectivity index (χ3v) is 5.72. The fraction of sp³-hybridized carbons (Fsp3) is 0.292. The van der Waals surface area contributed by atoms with E-state index in [4.69, 9.17) is 21.4 Å². The molecule has 1 fully saturated rings. The number of nitrogens with zero attached hydrogens (tertiary/aromatic N) is 1. The fourth-order valence-corrected chi connectivity index (χ4v) is 3.95. The average molecular weight is 474 g/mol. The average Bonchev–Trinajstić information content (AvgIpc) is 3.04. The molecule has 2 aromatic rings. The van der Waals surface area contributed by atoms with Gasteiger partial charge < -0.3 is 25.0 Å². The molecule has 1 amide bonds. The van der Waals surface area contributed by atoms with E-state index in [1.807, 2.05) is 0 Å². The third kappa shape index (κ3) is 5.28. The molecule has 0 aromatic heterocycles. The zero-order chi connectivity index (χ0) is 24.1. The Morgan fingerprint density at radius 3 is 2.39 bits per heavy atom. The summed E-state index contributed by atoms with van der Waals surface area (Å²) in [6.45, 7) is 0.190. The number of ketones is 1. The standard InChI is InChI=1S/C24H24ClNO7/c1-33-18-13-15(8-11-17(18)27)21-20(22(30)14-6-9-16(25)10-7-14)23(31)24(32)26(21)12-4-2-3-5-19(28)29/h6-11,13,21,27,30H,2-5,12H2,1H3,(H,28,29)/t21-/m0/s1. The number of aromatic hydroxyl groups is 1. The Bertz CT molecular complexity index is 1090. The van der Waals surface area contributed by atoms with E-state index >= 15 is 0 Å². The highest BCUT2D eigenvalue weighted by atomic mass is 35.5. The Balaban J connectivity index is 2.02. The molecule has 1 heterocycles. The zero-order valence-corrected chi connectivity index (χ0v) is 18.7. The molecule has 0 aliphatic carbocycles. The minimum Gasteiger partial charge on any atom is -0.507 e. The second-order valence-electron chi connectivity index (χ2n) is 7.64. The topological polar surface area (TPSA) is 124 Å². The quantitative estimate of drug-likeness (QED) is 0.216. The number of rotatable bonds is 9. The number of carbonyl (C=O) groups excluding carboxylic acids is 2. The molecule has 8 nitrogen and oxygen atoms in total. The van der Waals surface area contributed by atoms with E-state index < -0.39 is 23.7 Å². The van der Waals surface area contributed by atoms with Crippen LogP contribution in [0.5, 0.6) is 11.5 Å². The van der Waals surface area contributed by atoms with E-state index in [0.29, 0.717) is 35.4 Å². The van der Waals surface area contributed by atoms with Gasteiger partial charge in [-0.3, -0.25) is 14.4 Å². The summed E-state index contributed by atoms with van der Waals surface area (Å²) in [5, 5.41) is 30.2. The number of Topliss-reactive ketones (excluding diaryl/α,β-unsaturated/α-hetero) is 1. The summed E-state index contributed by atoms with van der Waals surface area (Å²) in [4.78, 5) is 38.0. The van der Waals surface area contributed by atoms with Crippen LogP contribution < -0.4 is 4.74 Å². The number of methoxy groups -OCH3 is 1. The van der Waals surface area contributed by atoms with E-state index in [2.05, 4.69) is 0 Å². The maximum absolute atomic E-state index is 13.0. The molecule has 33 heavy (non-hydrogen) atoms. The van der Waals surface area contributed by atoms with E-state index in [-0.39, 0.29) is 35.8 Å². The lowest BCUT2D eigenvalue weighted by molar-refractivity contribution is -0.140. The molecule has 3 rings (SSSR count). The number of hydrogen-bond donors (Lipinski definition) is 3. The van der Waals surface area contributed by atoms with E-state index in [0.717, 1.165) is 0 Å². The molecule has 1 aliphatic rings. The van der Waals surface area contributed by atoms with Crippen LogP contribution in [0.25, 0.3) is 5.76 Å². The number of amides is 1. The van der Waals surface area contributed by atoms with Crippen molar-refractivity contribution in [1.82, 2.24) is 4.90 Å². The lowest BCUT2D eigenvalue weighted by atomic mass is 9.95. The van der Waals surface area contributed by atoms with Crippen molar-refractivity contribution in [3.05, 3.63) is 64.2 Å². The largest absolute Gasteiger partial charge is 0.507 e. The zero-order valence-electron chi connectivity index (χ0n) is 18.0. The predicted molar refractivity (Wildman–Crippen MR) is 121 cm³/mol. The summed E-state index contributed by atoms with van der Waals surface area (Å²) >= 11 is 5.92. The number of ether oxygens (including phenoxy) is 1. The third-order valence-electron chi connectivity index (χ3n) is 5.47. The number of aliphatic carboxylic acids is 1. The van der Waals surface area contributed by atoms with Crippen molar-refractivity contribution in [2.45, 2.75) is 31.7 Å². The van der Waals surface area contributed by atoms with Crippen molar-refractivity contribution in [1.29, 1.82) is 0 Å². The van der Waals surface area contributed by atoms with Crippen molar-refractivity contribution in [3.63, 3.8) is 0 Å². The number of phenolic OH excluding ortho intramolecular Hbond substituents is 1. The second-order valence-corrected chi connectivity index (χ2v) is 8.07. The molecule has 0 spiro atoms. The number of benzene rings is 2. The highest BCUT2D eigenvalue weighted by molar-refractivity contribution is 6.46. The van der Waals surface area contributed by atoms with Gasteiger partial charge in [-0.25, -0.2) is 0 Å². The van der Waals surface area contributed by atoms with Gasteiger partial charge in [0.2, 0.25) is 0 Å². The Morgan fingerprint density at radius 1 is 1.06 bits per heavy atom. The maximum atomic E-state index is 13.0. The first-order valence-electron chi connectivity index (χ1n) is 10.4. The number of unbranched alkanes of at least 4 members (excludes halogenated alkanes) is 2. The van der Waals surface area contributed by atoms with E-state index in [9.17, 15) is 24.6 Å². The minimum atomic E-state index is -0.908. The highest BCUT2D eigenvalue weighted by Crippen LogP contribution is 2.42. The smallest absolute Gasteiger partial charge is 0.303 e. The summed E-state index contributed by atoms with van der Waals surface area (Å²) in [5.41, 5.74) is 0.722. The summed E-state index contributed by atoms with van der Waals surface area (Å²) < 4.78 is 5.18. The van der Waals surface area contributed by atoms with Gasteiger partial charge in [0.05, 0.1) is 18.7 Å². The molecule has 0 unspecified atom stereocenters. The Morgan fingerprint density at radius 2 is 1.76 bits per heavy atom. The molecule has 174 valence electrons. The van der Waals surface area contributed by atoms with Gasteiger partial charge in [0, 0.05) is 23.6 Å². The van der Waals surface area contributed by atoms with Gasteiger partial charge in [-0.2, -0.15) is 0 Å². The summed E-state index contributed by atoms with van der Waals surface area (Å²) in [6, 6.07) is 9.77. The molecular formula is C24H24ClNO7. The van der Waals surface area contributed by atoms with Gasteiger partial charge in [0.25, 0.3) is 11.7 Å². The number of likely N-dealkylation sites (tertiary alicyclic amines) is 1. The number of phenols is 1. The number of aliphatic hydroxyl groups is 1. The number of carboxylic acid groups (broad SMARTS) is 1. The normalized spacial score (nSPS) is 17.4.